The average molecular weight is 303 g/mol. The molecule has 1 aromatic rings. The molecule has 4 nitrogen and oxygen atoms in total. The minimum absolute atomic E-state index is 0. The zero-order valence-corrected chi connectivity index (χ0v) is 12.3. The van der Waals surface area contributed by atoms with Gasteiger partial charge < -0.3 is 10.5 Å². The summed E-state index contributed by atoms with van der Waals surface area (Å²) in [5.74, 6) is -6.65. The molecule has 20 heavy (non-hydrogen) atoms. The summed E-state index contributed by atoms with van der Waals surface area (Å²) < 4.78 is 66.5. The maximum Gasteiger partial charge on any atom is 1.00 e. The second-order valence-corrected chi connectivity index (χ2v) is 4.76. The summed E-state index contributed by atoms with van der Waals surface area (Å²) >= 11 is 0. The van der Waals surface area contributed by atoms with Crippen molar-refractivity contribution in [3.05, 3.63) is 22.7 Å². The van der Waals surface area contributed by atoms with Gasteiger partial charge in [0, 0.05) is 11.5 Å². The number of halogens is 5. The first-order chi connectivity index (χ1) is 8.64. The van der Waals surface area contributed by atoms with Crippen LogP contribution < -0.4 is 29.6 Å². The Hall–Kier alpha value is -0.670. The number of alkyl halides is 5. The fraction of sp³-hybridized carbons (Fsp3) is 0.600. The third-order valence-corrected chi connectivity index (χ3v) is 3.49. The van der Waals surface area contributed by atoms with E-state index in [1.54, 1.807) is 0 Å². The van der Waals surface area contributed by atoms with Crippen molar-refractivity contribution in [1.29, 1.82) is 0 Å². The minimum Gasteiger partial charge on any atom is -0.666 e. The van der Waals surface area contributed by atoms with E-state index in [9.17, 15) is 26.7 Å². The third kappa shape index (κ3) is 2.06. The molecule has 0 aromatic carbocycles. The van der Waals surface area contributed by atoms with Crippen LogP contribution in [0.4, 0.5) is 22.0 Å². The summed E-state index contributed by atoms with van der Waals surface area (Å²) in [5.41, 5.74) is 4.01. The molecule has 0 unspecified atom stereocenters. The van der Waals surface area contributed by atoms with Crippen LogP contribution in [0.25, 0.3) is 5.73 Å². The first-order valence-electron chi connectivity index (χ1n) is 5.44. The molecule has 3 rings (SSSR count). The SMILES string of the molecule is [NH-]C(=O)Cn1nc(C(F)(F)F)c2c1C(F)(F)[C@@H]1C[C@H]21.[Na+]. The van der Waals surface area contributed by atoms with Gasteiger partial charge in [-0.05, 0) is 12.3 Å². The monoisotopic (exact) mass is 303 g/mol. The molecule has 1 amide bonds. The number of aromatic nitrogens is 2. The Labute approximate surface area is 131 Å². The van der Waals surface area contributed by atoms with E-state index in [4.69, 9.17) is 5.73 Å². The van der Waals surface area contributed by atoms with Crippen LogP contribution in [0.15, 0.2) is 0 Å². The number of hydrogen-bond acceptors (Lipinski definition) is 2. The summed E-state index contributed by atoms with van der Waals surface area (Å²) in [6, 6.07) is 0. The summed E-state index contributed by atoms with van der Waals surface area (Å²) in [6.07, 6.45) is -4.84. The molecule has 1 N–H and O–H groups in total. The Morgan fingerprint density at radius 1 is 1.45 bits per heavy atom. The Kier molecular flexibility index (Phi) is 3.47. The molecule has 2 atom stereocenters. The van der Waals surface area contributed by atoms with Crippen molar-refractivity contribution in [3.8, 4) is 0 Å². The van der Waals surface area contributed by atoms with Gasteiger partial charge in [-0.25, -0.2) is 0 Å². The molecule has 1 heterocycles. The normalized spacial score (nSPS) is 25.6. The number of nitrogens with zero attached hydrogens (tertiary/aromatic N) is 2. The van der Waals surface area contributed by atoms with Crippen LogP contribution in [-0.4, -0.2) is 15.7 Å². The van der Waals surface area contributed by atoms with Crippen LogP contribution in [0.3, 0.4) is 0 Å². The minimum atomic E-state index is -4.84. The number of hydrogen-bond donors (Lipinski definition) is 0. The maximum atomic E-state index is 13.9. The predicted octanol–water partition coefficient (Wildman–Crippen LogP) is -0.306. The average Bonchev–Trinajstić information content (AvgIpc) is 2.87. The van der Waals surface area contributed by atoms with E-state index in [1.807, 2.05) is 0 Å². The second-order valence-electron chi connectivity index (χ2n) is 4.76. The van der Waals surface area contributed by atoms with Crippen molar-refractivity contribution in [1.82, 2.24) is 9.78 Å². The fourth-order valence-electron chi connectivity index (χ4n) is 2.73. The van der Waals surface area contributed by atoms with Crippen molar-refractivity contribution >= 4 is 5.91 Å². The standard InChI is InChI=1S/C10H8F5N3O.Na/c11-9(12)4-1-3(4)6-7(10(13,14)15)17-18(8(6)9)2-5(16)19;/h3-4H,1-2H2,(H2,16,19);/q;+1/p-1/t3-,4+;/m0./s1. The summed E-state index contributed by atoms with van der Waals surface area (Å²) in [7, 11) is 0. The maximum absolute atomic E-state index is 13.9. The van der Waals surface area contributed by atoms with E-state index in [-0.39, 0.29) is 36.0 Å². The quantitative estimate of drug-likeness (QED) is 0.556. The van der Waals surface area contributed by atoms with Crippen LogP contribution in [0, 0.1) is 5.92 Å². The van der Waals surface area contributed by atoms with E-state index >= 15 is 0 Å². The van der Waals surface area contributed by atoms with Crippen LogP contribution in [0.2, 0.25) is 0 Å². The van der Waals surface area contributed by atoms with E-state index in [0.29, 0.717) is 4.68 Å². The molecule has 0 spiro atoms. The van der Waals surface area contributed by atoms with Crippen LogP contribution in [0.1, 0.15) is 29.3 Å². The van der Waals surface area contributed by atoms with E-state index in [2.05, 4.69) is 5.10 Å². The zero-order valence-electron chi connectivity index (χ0n) is 10.3. The van der Waals surface area contributed by atoms with Gasteiger partial charge in [-0.1, -0.05) is 0 Å². The Bertz CT molecular complexity index is 582. The van der Waals surface area contributed by atoms with Gasteiger partial charge >= 0.3 is 35.7 Å². The van der Waals surface area contributed by atoms with E-state index in [0.717, 1.165) is 0 Å². The number of fused-ring (bicyclic) bond motifs is 3. The largest absolute Gasteiger partial charge is 1.00 e. The molecule has 10 heteroatoms. The molecule has 1 saturated carbocycles. The van der Waals surface area contributed by atoms with Crippen molar-refractivity contribution < 1.29 is 56.3 Å². The molecular weight excluding hydrogens is 296 g/mol. The molecule has 0 bridgehead atoms. The van der Waals surface area contributed by atoms with Gasteiger partial charge in [0.05, 0.1) is 12.5 Å². The third-order valence-electron chi connectivity index (χ3n) is 3.49. The molecule has 1 fully saturated rings. The van der Waals surface area contributed by atoms with Crippen molar-refractivity contribution in [3.63, 3.8) is 0 Å². The van der Waals surface area contributed by atoms with Gasteiger partial charge in [0.15, 0.2) is 5.69 Å². The smallest absolute Gasteiger partial charge is 0.666 e. The van der Waals surface area contributed by atoms with Crippen molar-refractivity contribution in [2.24, 2.45) is 5.92 Å². The topological polar surface area (TPSA) is 58.7 Å². The molecule has 0 aliphatic heterocycles. The second kappa shape index (κ2) is 4.41. The molecule has 0 saturated heterocycles. The van der Waals surface area contributed by atoms with E-state index in [1.165, 1.54) is 0 Å². The number of rotatable bonds is 2. The summed E-state index contributed by atoms with van der Waals surface area (Å²) in [6.45, 7) is -0.895. The van der Waals surface area contributed by atoms with Crippen molar-refractivity contribution in [2.45, 2.75) is 31.0 Å². The number of amides is 1. The first-order valence-corrected chi connectivity index (χ1v) is 5.44. The molecule has 0 radical (unpaired) electrons. The Morgan fingerprint density at radius 2 is 2.05 bits per heavy atom. The molecule has 2 aliphatic carbocycles. The van der Waals surface area contributed by atoms with Crippen LogP contribution >= 0.6 is 0 Å². The zero-order chi connectivity index (χ0) is 14.2. The molecule has 1 aromatic heterocycles. The van der Waals surface area contributed by atoms with E-state index < -0.39 is 53.3 Å². The molecule has 104 valence electrons. The molecule has 2 aliphatic rings. The van der Waals surface area contributed by atoms with Crippen molar-refractivity contribution in [2.75, 3.05) is 0 Å². The number of carbonyl (C=O) groups excluding carboxylic acids is 1. The predicted molar refractivity (Wildman–Crippen MR) is 51.3 cm³/mol. The van der Waals surface area contributed by atoms with Gasteiger partial charge in [0.2, 0.25) is 0 Å². The number of nitrogens with one attached hydrogen (secondary N) is 1. The first kappa shape index (κ1) is 15.7. The summed E-state index contributed by atoms with van der Waals surface area (Å²) in [5, 5.41) is 3.09. The molecular formula is C10H7F5N3NaO. The van der Waals surface area contributed by atoms with Gasteiger partial charge in [-0.2, -0.15) is 27.1 Å². The van der Waals surface area contributed by atoms with Gasteiger partial charge in [0.1, 0.15) is 5.69 Å². The van der Waals surface area contributed by atoms with Gasteiger partial charge in [-0.15, -0.1) is 0 Å². The Balaban J connectivity index is 0.00000147. The van der Waals surface area contributed by atoms with Crippen LogP contribution in [-0.2, 0) is 23.4 Å². The van der Waals surface area contributed by atoms with Gasteiger partial charge in [-0.3, -0.25) is 4.68 Å². The number of carbonyl (C=O) groups is 1. The summed E-state index contributed by atoms with van der Waals surface area (Å²) in [4.78, 5) is 10.7. The van der Waals surface area contributed by atoms with Gasteiger partial charge in [0.25, 0.3) is 5.92 Å². The van der Waals surface area contributed by atoms with Crippen LogP contribution in [0.5, 0.6) is 0 Å². The Morgan fingerprint density at radius 3 is 2.55 bits per heavy atom. The fourth-order valence-corrected chi connectivity index (χ4v) is 2.73.